The monoisotopic (exact) mass is 473 g/mol. The van der Waals surface area contributed by atoms with Crippen LogP contribution in [0.2, 0.25) is 5.02 Å². The Bertz CT molecular complexity index is 1460. The Kier molecular flexibility index (Phi) is 6.22. The second kappa shape index (κ2) is 9.76. The Morgan fingerprint density at radius 2 is 1.74 bits per heavy atom. The van der Waals surface area contributed by atoms with Crippen LogP contribution >= 0.6 is 11.6 Å². The van der Waals surface area contributed by atoms with Gasteiger partial charge in [0.25, 0.3) is 5.91 Å². The summed E-state index contributed by atoms with van der Waals surface area (Å²) in [7, 11) is 0. The summed E-state index contributed by atoms with van der Waals surface area (Å²) in [6, 6.07) is 24.4. The van der Waals surface area contributed by atoms with Crippen LogP contribution in [0, 0.1) is 0 Å². The fraction of sp³-hybridized carbons (Fsp3) is 0.120. The maximum absolute atomic E-state index is 12.2. The van der Waals surface area contributed by atoms with Gasteiger partial charge in [0, 0.05) is 17.0 Å². The van der Waals surface area contributed by atoms with Crippen LogP contribution in [0.25, 0.3) is 27.8 Å². The van der Waals surface area contributed by atoms with E-state index in [-0.39, 0.29) is 19.1 Å². The molecule has 0 radical (unpaired) electrons. The Labute approximate surface area is 200 Å². The van der Waals surface area contributed by atoms with Crippen LogP contribution in [-0.2, 0) is 4.79 Å². The van der Waals surface area contributed by atoms with Crippen LogP contribution in [0.15, 0.2) is 78.9 Å². The normalized spacial score (nSPS) is 11.0. The van der Waals surface area contributed by atoms with Gasteiger partial charge in [0.2, 0.25) is 5.88 Å². The van der Waals surface area contributed by atoms with Crippen molar-refractivity contribution in [2.24, 2.45) is 0 Å². The van der Waals surface area contributed by atoms with Crippen LogP contribution in [0.1, 0.15) is 0 Å². The Balaban J connectivity index is 1.15. The molecule has 5 rings (SSSR count). The predicted octanol–water partition coefficient (Wildman–Crippen LogP) is 4.17. The van der Waals surface area contributed by atoms with E-state index in [0.717, 1.165) is 16.3 Å². The molecule has 1 N–H and O–H groups in total. The highest BCUT2D eigenvalue weighted by molar-refractivity contribution is 6.33. The molecule has 9 heteroatoms. The number of halogens is 1. The molecule has 8 nitrogen and oxygen atoms in total. The summed E-state index contributed by atoms with van der Waals surface area (Å²) in [4.78, 5) is 12.2. The summed E-state index contributed by atoms with van der Waals surface area (Å²) in [5.74, 6) is 1.33. The molecule has 5 aromatic rings. The van der Waals surface area contributed by atoms with Gasteiger partial charge in [-0.3, -0.25) is 4.79 Å². The third-order valence-corrected chi connectivity index (χ3v) is 5.47. The number of ether oxygens (including phenoxy) is 2. The number of nitrogens with zero attached hydrogens (tertiary/aromatic N) is 4. The zero-order valence-corrected chi connectivity index (χ0v) is 18.8. The molecule has 0 bridgehead atoms. The Morgan fingerprint density at radius 3 is 2.65 bits per heavy atom. The lowest BCUT2D eigenvalue weighted by Crippen LogP contribution is -2.32. The van der Waals surface area contributed by atoms with Gasteiger partial charge in [0.1, 0.15) is 12.4 Å². The van der Waals surface area contributed by atoms with Crippen LogP contribution in [0.3, 0.4) is 0 Å². The molecule has 0 saturated carbocycles. The van der Waals surface area contributed by atoms with Crippen molar-refractivity contribution >= 4 is 33.9 Å². The van der Waals surface area contributed by atoms with E-state index in [9.17, 15) is 4.79 Å². The molecule has 0 saturated heterocycles. The smallest absolute Gasteiger partial charge is 0.258 e. The van der Waals surface area contributed by atoms with E-state index in [1.165, 1.54) is 0 Å². The van der Waals surface area contributed by atoms with Crippen LogP contribution in [-0.4, -0.2) is 45.5 Å². The van der Waals surface area contributed by atoms with Gasteiger partial charge >= 0.3 is 0 Å². The topological polar surface area (TPSA) is 90.6 Å². The zero-order valence-electron chi connectivity index (χ0n) is 18.0. The van der Waals surface area contributed by atoms with Crippen molar-refractivity contribution in [3.63, 3.8) is 0 Å². The molecule has 0 atom stereocenters. The van der Waals surface area contributed by atoms with Crippen molar-refractivity contribution in [1.82, 2.24) is 25.1 Å². The van der Waals surface area contributed by atoms with E-state index in [2.05, 4.69) is 20.6 Å². The molecule has 0 unspecified atom stereocenters. The van der Waals surface area contributed by atoms with Crippen LogP contribution in [0.5, 0.6) is 11.6 Å². The van der Waals surface area contributed by atoms with Crippen LogP contribution in [0.4, 0.5) is 0 Å². The maximum Gasteiger partial charge on any atom is 0.258 e. The van der Waals surface area contributed by atoms with E-state index >= 15 is 0 Å². The van der Waals surface area contributed by atoms with Gasteiger partial charge < -0.3 is 14.8 Å². The SMILES string of the molecule is O=C(COc1cccc2ccccc12)NCCOc1ccc2nnc(-c3ccccc3Cl)n2n1. The summed E-state index contributed by atoms with van der Waals surface area (Å²) in [5, 5.41) is 18.1. The fourth-order valence-electron chi connectivity index (χ4n) is 3.52. The van der Waals surface area contributed by atoms with Crippen molar-refractivity contribution < 1.29 is 14.3 Å². The second-order valence-corrected chi connectivity index (χ2v) is 7.82. The summed E-state index contributed by atoms with van der Waals surface area (Å²) in [6.07, 6.45) is 0. The number of carbonyl (C=O) groups is 1. The Morgan fingerprint density at radius 1 is 0.912 bits per heavy atom. The van der Waals surface area contributed by atoms with Gasteiger partial charge in [0.05, 0.1) is 11.6 Å². The van der Waals surface area contributed by atoms with Gasteiger partial charge in [-0.25, -0.2) is 0 Å². The maximum atomic E-state index is 12.2. The first-order valence-corrected chi connectivity index (χ1v) is 11.0. The summed E-state index contributed by atoms with van der Waals surface area (Å²) >= 11 is 6.29. The van der Waals surface area contributed by atoms with E-state index in [1.807, 2.05) is 60.7 Å². The lowest BCUT2D eigenvalue weighted by atomic mass is 10.1. The van der Waals surface area contributed by atoms with E-state index in [1.54, 1.807) is 22.7 Å². The molecule has 2 heterocycles. The van der Waals surface area contributed by atoms with Gasteiger partial charge in [-0.15, -0.1) is 15.3 Å². The highest BCUT2D eigenvalue weighted by Crippen LogP contribution is 2.27. The quantitative estimate of drug-likeness (QED) is 0.340. The number of hydrogen-bond acceptors (Lipinski definition) is 6. The fourth-order valence-corrected chi connectivity index (χ4v) is 3.74. The highest BCUT2D eigenvalue weighted by atomic mass is 35.5. The van der Waals surface area contributed by atoms with Crippen molar-refractivity contribution in [3.05, 3.63) is 83.9 Å². The molecule has 3 aromatic carbocycles. The molecule has 0 aliphatic heterocycles. The number of amides is 1. The molecular formula is C25H20ClN5O3. The molecule has 170 valence electrons. The predicted molar refractivity (Wildman–Crippen MR) is 129 cm³/mol. The number of benzene rings is 3. The zero-order chi connectivity index (χ0) is 23.3. The lowest BCUT2D eigenvalue weighted by Gasteiger charge is -2.10. The molecule has 0 fully saturated rings. The third kappa shape index (κ3) is 4.62. The number of nitrogens with one attached hydrogen (secondary N) is 1. The molecule has 2 aromatic heterocycles. The summed E-state index contributed by atoms with van der Waals surface area (Å²) in [6.45, 7) is 0.458. The van der Waals surface area contributed by atoms with Crippen molar-refractivity contribution in [3.8, 4) is 23.0 Å². The first kappa shape index (κ1) is 21.7. The highest BCUT2D eigenvalue weighted by Gasteiger charge is 2.13. The van der Waals surface area contributed by atoms with Crippen molar-refractivity contribution in [1.29, 1.82) is 0 Å². The minimum absolute atomic E-state index is 0.0832. The number of rotatable bonds is 8. The lowest BCUT2D eigenvalue weighted by molar-refractivity contribution is -0.123. The molecule has 0 spiro atoms. The number of hydrogen-bond donors (Lipinski definition) is 1. The molecule has 0 aliphatic rings. The van der Waals surface area contributed by atoms with Crippen LogP contribution < -0.4 is 14.8 Å². The number of aromatic nitrogens is 4. The van der Waals surface area contributed by atoms with E-state index in [0.29, 0.717) is 34.7 Å². The van der Waals surface area contributed by atoms with Crippen molar-refractivity contribution in [2.45, 2.75) is 0 Å². The third-order valence-electron chi connectivity index (χ3n) is 5.14. The molecule has 1 amide bonds. The van der Waals surface area contributed by atoms with Gasteiger partial charge in [0.15, 0.2) is 18.1 Å². The molecular weight excluding hydrogens is 454 g/mol. The Hall–Kier alpha value is -4.17. The van der Waals surface area contributed by atoms with Gasteiger partial charge in [-0.2, -0.15) is 4.52 Å². The van der Waals surface area contributed by atoms with E-state index in [4.69, 9.17) is 21.1 Å². The summed E-state index contributed by atoms with van der Waals surface area (Å²) < 4.78 is 13.0. The standard InChI is InChI=1S/C25H20ClN5O3/c26-20-10-4-3-9-19(20)25-29-28-22-12-13-24(30-31(22)25)33-15-14-27-23(32)16-34-21-11-5-7-17-6-1-2-8-18(17)21/h1-13H,14-16H2,(H,27,32). The molecule has 34 heavy (non-hydrogen) atoms. The first-order valence-electron chi connectivity index (χ1n) is 10.7. The average Bonchev–Trinajstić information content (AvgIpc) is 3.29. The first-order chi connectivity index (χ1) is 16.7. The largest absolute Gasteiger partial charge is 0.483 e. The van der Waals surface area contributed by atoms with E-state index < -0.39 is 0 Å². The second-order valence-electron chi connectivity index (χ2n) is 7.41. The van der Waals surface area contributed by atoms with Crippen molar-refractivity contribution in [2.75, 3.05) is 19.8 Å². The minimum Gasteiger partial charge on any atom is -0.483 e. The molecule has 0 aliphatic carbocycles. The summed E-state index contributed by atoms with van der Waals surface area (Å²) in [5.41, 5.74) is 1.29. The van der Waals surface area contributed by atoms with Gasteiger partial charge in [-0.05, 0) is 29.7 Å². The average molecular weight is 474 g/mol. The minimum atomic E-state index is -0.236. The number of carbonyl (C=O) groups excluding carboxylic acids is 1. The number of fused-ring (bicyclic) bond motifs is 2. The van der Waals surface area contributed by atoms with Gasteiger partial charge in [-0.1, -0.05) is 60.1 Å².